The van der Waals surface area contributed by atoms with Gasteiger partial charge in [0.25, 0.3) is 5.91 Å². The molecule has 2 amide bonds. The van der Waals surface area contributed by atoms with Crippen LogP contribution in [-0.2, 0) is 21.2 Å². The number of amides is 2. The number of rotatable bonds is 8. The fourth-order valence-corrected chi connectivity index (χ4v) is 5.75. The lowest BCUT2D eigenvalue weighted by molar-refractivity contribution is -0.120. The molecular weight excluding hydrogens is 462 g/mol. The van der Waals surface area contributed by atoms with E-state index in [9.17, 15) is 18.0 Å². The Hall–Kier alpha value is -3.49. The van der Waals surface area contributed by atoms with Crippen LogP contribution in [0.3, 0.4) is 0 Å². The highest BCUT2D eigenvalue weighted by molar-refractivity contribution is 7.89. The molecule has 1 saturated heterocycles. The molecule has 0 bridgehead atoms. The minimum Gasteiger partial charge on any atom is -0.352 e. The molecule has 8 heteroatoms. The van der Waals surface area contributed by atoms with Crippen LogP contribution in [-0.4, -0.2) is 44.2 Å². The second-order valence-corrected chi connectivity index (χ2v) is 10.5. The average Bonchev–Trinajstić information content (AvgIpc) is 2.90. The summed E-state index contributed by atoms with van der Waals surface area (Å²) < 4.78 is 27.4. The Morgan fingerprint density at radius 2 is 1.54 bits per heavy atom. The third-order valence-electron chi connectivity index (χ3n) is 6.11. The molecule has 0 unspecified atom stereocenters. The lowest BCUT2D eigenvalue weighted by Gasteiger charge is -2.31. The fourth-order valence-electron chi connectivity index (χ4n) is 4.20. The number of anilines is 1. The van der Waals surface area contributed by atoms with Gasteiger partial charge in [-0.15, -0.1) is 0 Å². The summed E-state index contributed by atoms with van der Waals surface area (Å²) in [7, 11) is -3.67. The third kappa shape index (κ3) is 6.15. The Bertz CT molecular complexity index is 1260. The second-order valence-electron chi connectivity index (χ2n) is 8.54. The predicted octanol–water partition coefficient (Wildman–Crippen LogP) is 3.70. The Kier molecular flexibility index (Phi) is 7.94. The van der Waals surface area contributed by atoms with Crippen molar-refractivity contribution in [3.05, 3.63) is 96.1 Å². The van der Waals surface area contributed by atoms with Crippen molar-refractivity contribution in [3.63, 3.8) is 0 Å². The zero-order chi connectivity index (χ0) is 24.7. The normalized spacial score (nSPS) is 16.4. The first kappa shape index (κ1) is 24.6. The van der Waals surface area contributed by atoms with E-state index in [2.05, 4.69) is 10.6 Å². The minimum absolute atomic E-state index is 0.106. The van der Waals surface area contributed by atoms with E-state index in [4.69, 9.17) is 0 Å². The van der Waals surface area contributed by atoms with Gasteiger partial charge in [0.15, 0.2) is 0 Å². The summed E-state index contributed by atoms with van der Waals surface area (Å²) in [4.78, 5) is 26.1. The zero-order valence-electron chi connectivity index (χ0n) is 19.4. The number of piperidine rings is 1. The Morgan fingerprint density at radius 1 is 0.886 bits per heavy atom. The van der Waals surface area contributed by atoms with Gasteiger partial charge < -0.3 is 10.6 Å². The van der Waals surface area contributed by atoms with Gasteiger partial charge in [-0.25, -0.2) is 8.42 Å². The van der Waals surface area contributed by atoms with E-state index in [-0.39, 0.29) is 23.3 Å². The first-order chi connectivity index (χ1) is 16.9. The topological polar surface area (TPSA) is 95.6 Å². The van der Waals surface area contributed by atoms with E-state index < -0.39 is 15.9 Å². The quantitative estimate of drug-likeness (QED) is 0.502. The first-order valence-corrected chi connectivity index (χ1v) is 13.2. The van der Waals surface area contributed by atoms with E-state index in [0.29, 0.717) is 43.6 Å². The second kappa shape index (κ2) is 11.3. The molecular formula is C27H29N3O4S. The van der Waals surface area contributed by atoms with Crippen LogP contribution in [0.2, 0.25) is 0 Å². The number of carbonyl (C=O) groups excluding carboxylic acids is 2. The number of benzene rings is 3. The number of para-hydroxylation sites is 1. The molecule has 1 fully saturated rings. The van der Waals surface area contributed by atoms with Gasteiger partial charge in [0.1, 0.15) is 0 Å². The monoisotopic (exact) mass is 491 g/mol. The maximum atomic E-state index is 13.1. The van der Waals surface area contributed by atoms with Crippen molar-refractivity contribution in [2.24, 2.45) is 5.92 Å². The van der Waals surface area contributed by atoms with E-state index in [1.165, 1.54) is 4.31 Å². The van der Waals surface area contributed by atoms with Crippen LogP contribution >= 0.6 is 0 Å². The SMILES string of the molecule is O=C(NCCc1ccccc1)c1ccccc1NC(=O)[C@@H]1CCCN(S(=O)(=O)c2ccccc2)C1. The number of hydrogen-bond acceptors (Lipinski definition) is 4. The summed E-state index contributed by atoms with van der Waals surface area (Å²) >= 11 is 0. The summed E-state index contributed by atoms with van der Waals surface area (Å²) in [5.74, 6) is -1.06. The standard InChI is InChI=1S/C27H29N3O4S/c31-26(22-12-9-19-30(20-22)35(33,34)23-13-5-2-6-14-23)29-25-16-8-7-15-24(25)27(32)28-18-17-21-10-3-1-4-11-21/h1-8,10-11,13-16,22H,9,12,17-20H2,(H,28,32)(H,29,31)/t22-/m1/s1. The molecule has 3 aromatic carbocycles. The molecule has 0 saturated carbocycles. The van der Waals surface area contributed by atoms with Gasteiger partial charge >= 0.3 is 0 Å². The van der Waals surface area contributed by atoms with Gasteiger partial charge in [-0.05, 0) is 49.1 Å². The molecule has 35 heavy (non-hydrogen) atoms. The largest absolute Gasteiger partial charge is 0.352 e. The molecule has 1 heterocycles. The molecule has 2 N–H and O–H groups in total. The molecule has 0 aromatic heterocycles. The number of nitrogens with one attached hydrogen (secondary N) is 2. The van der Waals surface area contributed by atoms with Gasteiger partial charge in [-0.1, -0.05) is 60.7 Å². The molecule has 7 nitrogen and oxygen atoms in total. The Morgan fingerprint density at radius 3 is 2.29 bits per heavy atom. The first-order valence-electron chi connectivity index (χ1n) is 11.7. The number of carbonyl (C=O) groups is 2. The Balaban J connectivity index is 1.39. The van der Waals surface area contributed by atoms with Crippen LogP contribution in [0.5, 0.6) is 0 Å². The van der Waals surface area contributed by atoms with E-state index in [1.54, 1.807) is 54.6 Å². The van der Waals surface area contributed by atoms with Gasteiger partial charge in [-0.2, -0.15) is 4.31 Å². The molecule has 0 spiro atoms. The van der Waals surface area contributed by atoms with E-state index in [1.807, 2.05) is 30.3 Å². The highest BCUT2D eigenvalue weighted by Crippen LogP contribution is 2.25. The van der Waals surface area contributed by atoms with Crippen molar-refractivity contribution < 1.29 is 18.0 Å². The molecule has 0 aliphatic carbocycles. The summed E-state index contributed by atoms with van der Waals surface area (Å²) in [5, 5.41) is 5.77. The third-order valence-corrected chi connectivity index (χ3v) is 7.99. The fraction of sp³-hybridized carbons (Fsp3) is 0.259. The molecule has 3 aromatic rings. The maximum absolute atomic E-state index is 13.1. The van der Waals surface area contributed by atoms with Crippen LogP contribution in [0.15, 0.2) is 89.8 Å². The maximum Gasteiger partial charge on any atom is 0.253 e. The molecule has 1 atom stereocenters. The number of nitrogens with zero attached hydrogens (tertiary/aromatic N) is 1. The van der Waals surface area contributed by atoms with Crippen molar-refractivity contribution in [3.8, 4) is 0 Å². The van der Waals surface area contributed by atoms with Crippen LogP contribution in [0.1, 0.15) is 28.8 Å². The summed E-state index contributed by atoms with van der Waals surface area (Å²) in [6.07, 6.45) is 1.87. The highest BCUT2D eigenvalue weighted by Gasteiger charge is 2.33. The van der Waals surface area contributed by atoms with Crippen LogP contribution < -0.4 is 10.6 Å². The van der Waals surface area contributed by atoms with E-state index >= 15 is 0 Å². The van der Waals surface area contributed by atoms with Crippen molar-refractivity contribution in [1.82, 2.24) is 9.62 Å². The lowest BCUT2D eigenvalue weighted by atomic mass is 9.98. The highest BCUT2D eigenvalue weighted by atomic mass is 32.2. The van der Waals surface area contributed by atoms with Crippen molar-refractivity contribution in [2.75, 3.05) is 25.0 Å². The Labute approximate surface area is 206 Å². The van der Waals surface area contributed by atoms with Gasteiger partial charge in [0.2, 0.25) is 15.9 Å². The molecule has 0 radical (unpaired) electrons. The van der Waals surface area contributed by atoms with Gasteiger partial charge in [0.05, 0.1) is 22.1 Å². The molecule has 182 valence electrons. The molecule has 1 aliphatic rings. The summed E-state index contributed by atoms with van der Waals surface area (Å²) in [6, 6.07) is 25.0. The van der Waals surface area contributed by atoms with Crippen LogP contribution in [0.4, 0.5) is 5.69 Å². The average molecular weight is 492 g/mol. The van der Waals surface area contributed by atoms with Gasteiger partial charge in [-0.3, -0.25) is 9.59 Å². The minimum atomic E-state index is -3.67. The van der Waals surface area contributed by atoms with Gasteiger partial charge in [0, 0.05) is 19.6 Å². The number of hydrogen-bond donors (Lipinski definition) is 2. The zero-order valence-corrected chi connectivity index (χ0v) is 20.2. The van der Waals surface area contributed by atoms with Crippen molar-refractivity contribution in [1.29, 1.82) is 0 Å². The van der Waals surface area contributed by atoms with E-state index in [0.717, 1.165) is 5.56 Å². The van der Waals surface area contributed by atoms with Crippen molar-refractivity contribution in [2.45, 2.75) is 24.2 Å². The van der Waals surface area contributed by atoms with Crippen molar-refractivity contribution >= 4 is 27.5 Å². The van der Waals surface area contributed by atoms with Crippen LogP contribution in [0.25, 0.3) is 0 Å². The molecule has 4 rings (SSSR count). The predicted molar refractivity (Wildman–Crippen MR) is 135 cm³/mol. The number of sulfonamides is 1. The van der Waals surface area contributed by atoms with Crippen LogP contribution in [0, 0.1) is 5.92 Å². The summed E-state index contributed by atoms with van der Waals surface area (Å²) in [6.45, 7) is 0.954. The lowest BCUT2D eigenvalue weighted by Crippen LogP contribution is -2.43. The smallest absolute Gasteiger partial charge is 0.253 e. The molecule has 1 aliphatic heterocycles. The summed E-state index contributed by atoms with van der Waals surface area (Å²) in [5.41, 5.74) is 1.91.